The lowest BCUT2D eigenvalue weighted by atomic mass is 9.88. The molecule has 0 atom stereocenters. The van der Waals surface area contributed by atoms with Crippen molar-refractivity contribution in [2.24, 2.45) is 0 Å². The van der Waals surface area contributed by atoms with Gasteiger partial charge in [-0.25, -0.2) is 0 Å². The van der Waals surface area contributed by atoms with Gasteiger partial charge in [-0.2, -0.15) is 0 Å². The number of hydrogen-bond acceptors (Lipinski definition) is 0. The monoisotopic (exact) mass is 306 g/mol. The Hall–Kier alpha value is -2.86. The third-order valence-electron chi connectivity index (χ3n) is 5.25. The molecule has 0 saturated carbocycles. The first kappa shape index (κ1) is 13.6. The molecule has 0 bridgehead atoms. The molecule has 0 heterocycles. The molecule has 0 aromatic heterocycles. The molecule has 0 amide bonds. The molecule has 5 aromatic rings. The van der Waals surface area contributed by atoms with Gasteiger partial charge in [-0.15, -0.1) is 0 Å². The molecule has 5 aromatic carbocycles. The summed E-state index contributed by atoms with van der Waals surface area (Å²) in [5.41, 5.74) is 5.25. The largest absolute Gasteiger partial charge is 0.0587 e. The Labute approximate surface area is 141 Å². The summed E-state index contributed by atoms with van der Waals surface area (Å²) in [7, 11) is 0. The molecule has 0 aliphatic carbocycles. The van der Waals surface area contributed by atoms with Crippen LogP contribution >= 0.6 is 0 Å². The maximum absolute atomic E-state index is 2.29. The third-order valence-corrected chi connectivity index (χ3v) is 5.25. The zero-order valence-electron chi connectivity index (χ0n) is 13.9. The van der Waals surface area contributed by atoms with Crippen molar-refractivity contribution in [2.75, 3.05) is 0 Å². The lowest BCUT2D eigenvalue weighted by molar-refractivity contribution is 1.47. The summed E-state index contributed by atoms with van der Waals surface area (Å²) < 4.78 is 0. The topological polar surface area (TPSA) is 0 Å². The highest BCUT2D eigenvalue weighted by molar-refractivity contribution is 6.25. The van der Waals surface area contributed by atoms with Crippen LogP contribution in [0.1, 0.15) is 11.1 Å². The highest BCUT2D eigenvalue weighted by Gasteiger charge is 2.12. The SMILES string of the molecule is Cc1ccc(-c2ccc3ccc4c(C)ccc5ccc2c3c54)cc1. The van der Waals surface area contributed by atoms with E-state index in [1.807, 2.05) is 0 Å². The van der Waals surface area contributed by atoms with Crippen LogP contribution in [-0.2, 0) is 0 Å². The van der Waals surface area contributed by atoms with Gasteiger partial charge in [0.05, 0.1) is 0 Å². The van der Waals surface area contributed by atoms with E-state index in [0.29, 0.717) is 0 Å². The van der Waals surface area contributed by atoms with E-state index in [1.165, 1.54) is 54.6 Å². The Morgan fingerprint density at radius 2 is 1.08 bits per heavy atom. The van der Waals surface area contributed by atoms with Crippen molar-refractivity contribution in [1.29, 1.82) is 0 Å². The Balaban J connectivity index is 1.97. The van der Waals surface area contributed by atoms with Crippen molar-refractivity contribution < 1.29 is 0 Å². The molecular formula is C24H18. The molecule has 0 aliphatic rings. The first-order valence-electron chi connectivity index (χ1n) is 8.46. The lowest BCUT2D eigenvalue weighted by Crippen LogP contribution is -1.88. The zero-order chi connectivity index (χ0) is 16.3. The average molecular weight is 306 g/mol. The summed E-state index contributed by atoms with van der Waals surface area (Å²) in [5, 5.41) is 8.16. The predicted molar refractivity (Wildman–Crippen MR) is 105 cm³/mol. The molecule has 5 rings (SSSR count). The number of rotatable bonds is 1. The van der Waals surface area contributed by atoms with Crippen LogP contribution in [-0.4, -0.2) is 0 Å². The summed E-state index contributed by atoms with van der Waals surface area (Å²) >= 11 is 0. The van der Waals surface area contributed by atoms with E-state index in [4.69, 9.17) is 0 Å². The van der Waals surface area contributed by atoms with Gasteiger partial charge >= 0.3 is 0 Å². The fraction of sp³-hybridized carbons (Fsp3) is 0.0833. The van der Waals surface area contributed by atoms with E-state index in [1.54, 1.807) is 0 Å². The molecule has 0 spiro atoms. The van der Waals surface area contributed by atoms with Gasteiger partial charge in [0.15, 0.2) is 0 Å². The van der Waals surface area contributed by atoms with Crippen LogP contribution in [0.5, 0.6) is 0 Å². The van der Waals surface area contributed by atoms with Gasteiger partial charge in [-0.3, -0.25) is 0 Å². The Morgan fingerprint density at radius 3 is 1.83 bits per heavy atom. The van der Waals surface area contributed by atoms with Crippen LogP contribution in [0.15, 0.2) is 72.8 Å². The summed E-state index contributed by atoms with van der Waals surface area (Å²) in [6.07, 6.45) is 0. The van der Waals surface area contributed by atoms with Crippen molar-refractivity contribution in [3.05, 3.63) is 83.9 Å². The highest BCUT2D eigenvalue weighted by atomic mass is 14.2. The van der Waals surface area contributed by atoms with Crippen molar-refractivity contribution in [3.8, 4) is 11.1 Å². The van der Waals surface area contributed by atoms with Crippen molar-refractivity contribution in [1.82, 2.24) is 0 Å². The van der Waals surface area contributed by atoms with E-state index >= 15 is 0 Å². The Bertz CT molecular complexity index is 1190. The van der Waals surface area contributed by atoms with Crippen LogP contribution in [0, 0.1) is 13.8 Å². The van der Waals surface area contributed by atoms with Crippen molar-refractivity contribution in [2.45, 2.75) is 13.8 Å². The third kappa shape index (κ3) is 1.80. The highest BCUT2D eigenvalue weighted by Crippen LogP contribution is 2.39. The number of benzene rings is 5. The quantitative estimate of drug-likeness (QED) is 0.296. The van der Waals surface area contributed by atoms with Gasteiger partial charge in [0, 0.05) is 0 Å². The zero-order valence-corrected chi connectivity index (χ0v) is 13.9. The smallest absolute Gasteiger partial charge is 0.00205 e. The van der Waals surface area contributed by atoms with Crippen LogP contribution in [0.3, 0.4) is 0 Å². The van der Waals surface area contributed by atoms with Crippen molar-refractivity contribution >= 4 is 32.3 Å². The minimum absolute atomic E-state index is 1.29. The molecule has 0 aliphatic heterocycles. The summed E-state index contributed by atoms with van der Waals surface area (Å²) in [5.74, 6) is 0. The molecule has 0 saturated heterocycles. The van der Waals surface area contributed by atoms with E-state index < -0.39 is 0 Å². The average Bonchev–Trinajstić information content (AvgIpc) is 2.62. The lowest BCUT2D eigenvalue weighted by Gasteiger charge is -2.15. The summed E-state index contributed by atoms with van der Waals surface area (Å²) in [6, 6.07) is 26.9. The van der Waals surface area contributed by atoms with E-state index in [9.17, 15) is 0 Å². The van der Waals surface area contributed by atoms with Crippen LogP contribution in [0.25, 0.3) is 43.4 Å². The number of hydrogen-bond donors (Lipinski definition) is 0. The van der Waals surface area contributed by atoms with Gasteiger partial charge in [0.2, 0.25) is 0 Å². The molecule has 0 fully saturated rings. The Kier molecular flexibility index (Phi) is 2.72. The van der Waals surface area contributed by atoms with Gasteiger partial charge in [-0.1, -0.05) is 78.4 Å². The minimum atomic E-state index is 1.29. The van der Waals surface area contributed by atoms with Gasteiger partial charge in [0.1, 0.15) is 0 Å². The maximum atomic E-state index is 2.29. The summed E-state index contributed by atoms with van der Waals surface area (Å²) in [6.45, 7) is 4.34. The normalized spacial score (nSPS) is 11.8. The van der Waals surface area contributed by atoms with Crippen LogP contribution in [0.4, 0.5) is 0 Å². The minimum Gasteiger partial charge on any atom is -0.0587 e. The molecule has 114 valence electrons. The fourth-order valence-electron chi connectivity index (χ4n) is 3.93. The first-order valence-corrected chi connectivity index (χ1v) is 8.46. The molecule has 0 heteroatoms. The Morgan fingerprint density at radius 1 is 0.500 bits per heavy atom. The standard InChI is InChI=1S/C24H18/c1-15-3-6-17(7-4-15)21-13-10-19-9-12-20-16(2)5-8-18-11-14-22(21)24(19)23(18)20/h3-14H,1-2H3. The predicted octanol–water partition coefficient (Wildman–Crippen LogP) is 6.87. The van der Waals surface area contributed by atoms with E-state index in [0.717, 1.165) is 0 Å². The van der Waals surface area contributed by atoms with Crippen LogP contribution < -0.4 is 0 Å². The second-order valence-electron chi connectivity index (χ2n) is 6.78. The van der Waals surface area contributed by atoms with Crippen LogP contribution in [0.2, 0.25) is 0 Å². The fourth-order valence-corrected chi connectivity index (χ4v) is 3.93. The molecule has 0 nitrogen and oxygen atoms in total. The second-order valence-corrected chi connectivity index (χ2v) is 6.78. The van der Waals surface area contributed by atoms with E-state index in [2.05, 4.69) is 86.6 Å². The second kappa shape index (κ2) is 4.82. The van der Waals surface area contributed by atoms with Gasteiger partial charge in [0.25, 0.3) is 0 Å². The first-order chi connectivity index (χ1) is 11.7. The molecule has 0 radical (unpaired) electrons. The molecule has 0 N–H and O–H groups in total. The van der Waals surface area contributed by atoms with E-state index in [-0.39, 0.29) is 0 Å². The molecular weight excluding hydrogens is 288 g/mol. The molecule has 0 unspecified atom stereocenters. The number of aryl methyl sites for hydroxylation is 2. The molecule has 24 heavy (non-hydrogen) atoms. The van der Waals surface area contributed by atoms with Gasteiger partial charge in [-0.05, 0) is 62.9 Å². The van der Waals surface area contributed by atoms with Gasteiger partial charge < -0.3 is 0 Å². The summed E-state index contributed by atoms with van der Waals surface area (Å²) in [4.78, 5) is 0. The van der Waals surface area contributed by atoms with Crippen molar-refractivity contribution in [3.63, 3.8) is 0 Å². The maximum Gasteiger partial charge on any atom is -0.00205 e.